The molecule has 0 amide bonds. The van der Waals surface area contributed by atoms with Gasteiger partial charge in [0.2, 0.25) is 0 Å². The van der Waals surface area contributed by atoms with Crippen LogP contribution in [0.3, 0.4) is 0 Å². The van der Waals surface area contributed by atoms with Crippen molar-refractivity contribution < 1.29 is 19.1 Å². The fourth-order valence-electron chi connectivity index (χ4n) is 3.30. The number of fused-ring (bicyclic) bond motifs is 2. The van der Waals surface area contributed by atoms with Crippen LogP contribution >= 0.6 is 0 Å². The van der Waals surface area contributed by atoms with Gasteiger partial charge in [-0.25, -0.2) is 14.3 Å². The number of hydrogen-bond acceptors (Lipinski definition) is 7. The number of nitrogens with zero attached hydrogens (tertiary/aromatic N) is 2. The van der Waals surface area contributed by atoms with Crippen LogP contribution in [0, 0.1) is 6.92 Å². The first-order chi connectivity index (χ1) is 14.5. The Kier molecular flexibility index (Phi) is 5.16. The smallest absolute Gasteiger partial charge is 0.359 e. The molecule has 0 saturated carbocycles. The van der Waals surface area contributed by atoms with Crippen LogP contribution < -0.4 is 11.2 Å². The standard InChI is InChI=1S/C22H18N2O6/c1-13-6-7-15-14(11-19(26)30-18(15)10-13)12-29-22(28)20-16-4-2-3-5-17(16)21(27)24(23-20)8-9-25/h2-7,10-11,25H,8-9,12H2,1H3. The maximum Gasteiger partial charge on any atom is 0.359 e. The molecule has 0 spiro atoms. The third kappa shape index (κ3) is 3.60. The molecule has 30 heavy (non-hydrogen) atoms. The van der Waals surface area contributed by atoms with E-state index in [4.69, 9.17) is 9.15 Å². The van der Waals surface area contributed by atoms with E-state index < -0.39 is 17.2 Å². The Morgan fingerprint density at radius 3 is 2.63 bits per heavy atom. The van der Waals surface area contributed by atoms with Gasteiger partial charge < -0.3 is 14.3 Å². The van der Waals surface area contributed by atoms with Gasteiger partial charge in [0.1, 0.15) is 12.2 Å². The third-order valence-corrected chi connectivity index (χ3v) is 4.72. The van der Waals surface area contributed by atoms with Crippen LogP contribution in [0.1, 0.15) is 21.6 Å². The molecule has 0 aliphatic rings. The van der Waals surface area contributed by atoms with E-state index in [-0.39, 0.29) is 25.5 Å². The first-order valence-corrected chi connectivity index (χ1v) is 9.29. The number of ether oxygens (including phenoxy) is 1. The molecule has 0 radical (unpaired) electrons. The van der Waals surface area contributed by atoms with E-state index in [9.17, 15) is 19.5 Å². The summed E-state index contributed by atoms with van der Waals surface area (Å²) in [6.07, 6.45) is 0. The maximum atomic E-state index is 12.8. The summed E-state index contributed by atoms with van der Waals surface area (Å²) in [5, 5.41) is 14.6. The number of carbonyl (C=O) groups excluding carboxylic acids is 1. The van der Waals surface area contributed by atoms with Crippen molar-refractivity contribution in [1.29, 1.82) is 0 Å². The minimum Gasteiger partial charge on any atom is -0.456 e. The topological polar surface area (TPSA) is 112 Å². The van der Waals surface area contributed by atoms with Crippen molar-refractivity contribution in [3.8, 4) is 0 Å². The number of rotatable bonds is 5. The lowest BCUT2D eigenvalue weighted by Gasteiger charge is -2.11. The van der Waals surface area contributed by atoms with Crippen LogP contribution in [-0.2, 0) is 17.9 Å². The molecular formula is C22H18N2O6. The number of aliphatic hydroxyl groups excluding tert-OH is 1. The zero-order chi connectivity index (χ0) is 21.3. The summed E-state index contributed by atoms with van der Waals surface area (Å²) >= 11 is 0. The number of esters is 1. The average molecular weight is 406 g/mol. The van der Waals surface area contributed by atoms with Gasteiger partial charge in [0.15, 0.2) is 5.69 Å². The molecule has 0 unspecified atom stereocenters. The lowest BCUT2D eigenvalue weighted by molar-refractivity contribution is 0.0466. The molecule has 2 aromatic carbocycles. The van der Waals surface area contributed by atoms with Gasteiger partial charge in [-0.2, -0.15) is 5.10 Å². The van der Waals surface area contributed by atoms with Crippen molar-refractivity contribution in [2.75, 3.05) is 6.61 Å². The summed E-state index contributed by atoms with van der Waals surface area (Å²) in [6, 6.07) is 13.2. The van der Waals surface area contributed by atoms with Gasteiger partial charge in [0.25, 0.3) is 5.56 Å². The number of hydrogen-bond donors (Lipinski definition) is 1. The average Bonchev–Trinajstić information content (AvgIpc) is 2.73. The SMILES string of the molecule is Cc1ccc2c(COC(=O)c3nn(CCO)c(=O)c4ccccc34)cc(=O)oc2c1. The van der Waals surface area contributed by atoms with Crippen LogP contribution in [0.25, 0.3) is 21.7 Å². The van der Waals surface area contributed by atoms with Crippen LogP contribution in [0.15, 0.2) is 62.5 Å². The van der Waals surface area contributed by atoms with E-state index in [2.05, 4.69) is 5.10 Å². The van der Waals surface area contributed by atoms with Gasteiger partial charge in [-0.1, -0.05) is 30.3 Å². The van der Waals surface area contributed by atoms with E-state index >= 15 is 0 Å². The van der Waals surface area contributed by atoms with Gasteiger partial charge in [-0.15, -0.1) is 0 Å². The van der Waals surface area contributed by atoms with E-state index in [0.717, 1.165) is 10.2 Å². The minimum atomic E-state index is -0.744. The summed E-state index contributed by atoms with van der Waals surface area (Å²) in [6.45, 7) is 1.36. The number of aromatic nitrogens is 2. The van der Waals surface area contributed by atoms with Gasteiger partial charge in [-0.05, 0) is 24.6 Å². The Labute approximate surface area is 169 Å². The summed E-state index contributed by atoms with van der Waals surface area (Å²) in [7, 11) is 0. The second-order valence-electron chi connectivity index (χ2n) is 6.81. The summed E-state index contributed by atoms with van der Waals surface area (Å²) in [4.78, 5) is 37.2. The number of benzene rings is 2. The highest BCUT2D eigenvalue weighted by molar-refractivity contribution is 6.02. The number of aliphatic hydroxyl groups is 1. The first kappa shape index (κ1) is 19.5. The second-order valence-corrected chi connectivity index (χ2v) is 6.81. The molecule has 2 aromatic heterocycles. The van der Waals surface area contributed by atoms with E-state index in [1.54, 1.807) is 36.4 Å². The minimum absolute atomic E-state index is 0.0400. The van der Waals surface area contributed by atoms with Crippen molar-refractivity contribution in [2.24, 2.45) is 0 Å². The molecule has 0 bridgehead atoms. The van der Waals surface area contributed by atoms with Crippen LogP contribution in [0.5, 0.6) is 0 Å². The fraction of sp³-hybridized carbons (Fsp3) is 0.182. The quantitative estimate of drug-likeness (QED) is 0.399. The second kappa shape index (κ2) is 7.92. The monoisotopic (exact) mass is 406 g/mol. The fourth-order valence-corrected chi connectivity index (χ4v) is 3.30. The molecule has 0 aliphatic heterocycles. The molecule has 8 heteroatoms. The summed E-state index contributed by atoms with van der Waals surface area (Å²) in [5.74, 6) is -0.744. The molecule has 2 heterocycles. The lowest BCUT2D eigenvalue weighted by atomic mass is 10.1. The predicted molar refractivity (Wildman–Crippen MR) is 109 cm³/mol. The first-order valence-electron chi connectivity index (χ1n) is 9.29. The van der Waals surface area contributed by atoms with Crippen molar-refractivity contribution >= 4 is 27.7 Å². The normalized spacial score (nSPS) is 11.1. The molecule has 0 fully saturated rings. The molecule has 8 nitrogen and oxygen atoms in total. The van der Waals surface area contributed by atoms with Gasteiger partial charge >= 0.3 is 11.6 Å². The number of carbonyl (C=O) groups is 1. The van der Waals surface area contributed by atoms with Crippen LogP contribution in [-0.4, -0.2) is 27.5 Å². The van der Waals surface area contributed by atoms with Crippen LogP contribution in [0.4, 0.5) is 0 Å². The van der Waals surface area contributed by atoms with Crippen LogP contribution in [0.2, 0.25) is 0 Å². The van der Waals surface area contributed by atoms with E-state index in [1.165, 1.54) is 6.07 Å². The highest BCUT2D eigenvalue weighted by atomic mass is 16.5. The summed E-state index contributed by atoms with van der Waals surface area (Å²) < 4.78 is 11.7. The Morgan fingerprint density at radius 2 is 1.87 bits per heavy atom. The van der Waals surface area contributed by atoms with Gasteiger partial charge in [-0.3, -0.25) is 4.79 Å². The zero-order valence-electron chi connectivity index (χ0n) is 16.1. The lowest BCUT2D eigenvalue weighted by Crippen LogP contribution is -2.27. The predicted octanol–water partition coefficient (Wildman–Crippen LogP) is 2.16. The molecule has 0 atom stereocenters. The third-order valence-electron chi connectivity index (χ3n) is 4.72. The van der Waals surface area contributed by atoms with Crippen molar-refractivity contribution in [1.82, 2.24) is 9.78 Å². The van der Waals surface area contributed by atoms with Crippen molar-refractivity contribution in [2.45, 2.75) is 20.1 Å². The summed E-state index contributed by atoms with van der Waals surface area (Å²) in [5.41, 5.74) is 0.858. The Balaban J connectivity index is 1.71. The highest BCUT2D eigenvalue weighted by Gasteiger charge is 2.18. The molecule has 4 rings (SSSR count). The Hall–Kier alpha value is -3.78. The molecule has 4 aromatic rings. The number of aryl methyl sites for hydroxylation is 1. The van der Waals surface area contributed by atoms with Crippen molar-refractivity contribution in [3.05, 3.63) is 86.1 Å². The molecule has 0 aliphatic carbocycles. The maximum absolute atomic E-state index is 12.8. The largest absolute Gasteiger partial charge is 0.456 e. The molecule has 152 valence electrons. The van der Waals surface area contributed by atoms with E-state index in [0.29, 0.717) is 27.3 Å². The van der Waals surface area contributed by atoms with Gasteiger partial charge in [0, 0.05) is 22.4 Å². The Bertz CT molecular complexity index is 1390. The molecule has 1 N–H and O–H groups in total. The van der Waals surface area contributed by atoms with Crippen molar-refractivity contribution in [3.63, 3.8) is 0 Å². The Morgan fingerprint density at radius 1 is 1.10 bits per heavy atom. The molecular weight excluding hydrogens is 388 g/mol. The zero-order valence-corrected chi connectivity index (χ0v) is 16.1. The van der Waals surface area contributed by atoms with Gasteiger partial charge in [0.05, 0.1) is 18.5 Å². The highest BCUT2D eigenvalue weighted by Crippen LogP contribution is 2.20. The molecule has 0 saturated heterocycles. The van der Waals surface area contributed by atoms with E-state index in [1.807, 2.05) is 13.0 Å².